The zero-order valence-electron chi connectivity index (χ0n) is 13.9. The summed E-state index contributed by atoms with van der Waals surface area (Å²) in [6, 6.07) is 2.04. The van der Waals surface area contributed by atoms with E-state index >= 15 is 0 Å². The average molecular weight is 313 g/mol. The molecule has 4 atom stereocenters. The van der Waals surface area contributed by atoms with Crippen molar-refractivity contribution in [2.75, 3.05) is 0 Å². The van der Waals surface area contributed by atoms with Crippen LogP contribution in [0.15, 0.2) is 10.6 Å². The second kappa shape index (κ2) is 5.32. The van der Waals surface area contributed by atoms with Crippen molar-refractivity contribution in [3.63, 3.8) is 0 Å². The lowest BCUT2D eigenvalue weighted by molar-refractivity contribution is 0.0916. The molecule has 0 spiro atoms. The van der Waals surface area contributed by atoms with Crippen molar-refractivity contribution in [1.29, 1.82) is 0 Å². The summed E-state index contributed by atoms with van der Waals surface area (Å²) in [5.74, 6) is 2.27. The number of hydrogen-bond donors (Lipinski definition) is 1. The Morgan fingerprint density at radius 2 is 2.17 bits per heavy atom. The van der Waals surface area contributed by atoms with Gasteiger partial charge in [-0.1, -0.05) is 11.6 Å². The number of amides is 1. The van der Waals surface area contributed by atoms with Gasteiger partial charge < -0.3 is 9.84 Å². The van der Waals surface area contributed by atoms with Crippen molar-refractivity contribution in [1.82, 2.24) is 15.5 Å². The minimum Gasteiger partial charge on any atom is -0.349 e. The van der Waals surface area contributed by atoms with Gasteiger partial charge in [0.15, 0.2) is 0 Å². The third-order valence-electron chi connectivity index (χ3n) is 5.78. The Kier molecular flexibility index (Phi) is 3.39. The van der Waals surface area contributed by atoms with Crippen molar-refractivity contribution in [3.05, 3.63) is 23.0 Å². The first-order valence-electron chi connectivity index (χ1n) is 8.57. The molecule has 0 radical (unpaired) electrons. The van der Waals surface area contributed by atoms with Gasteiger partial charge in [-0.25, -0.2) is 4.98 Å². The maximum Gasteiger partial charge on any atom is 0.258 e. The number of nitrogens with one attached hydrogen (secondary N) is 1. The first-order chi connectivity index (χ1) is 11.0. The minimum absolute atomic E-state index is 0.0397. The van der Waals surface area contributed by atoms with Crippen LogP contribution in [-0.2, 0) is 0 Å². The van der Waals surface area contributed by atoms with Crippen molar-refractivity contribution >= 4 is 17.0 Å². The molecule has 2 aliphatic carbocycles. The molecule has 2 heterocycles. The molecule has 0 aliphatic heterocycles. The Morgan fingerprint density at radius 1 is 1.35 bits per heavy atom. The van der Waals surface area contributed by atoms with Crippen LogP contribution < -0.4 is 5.32 Å². The van der Waals surface area contributed by atoms with Crippen molar-refractivity contribution in [2.45, 2.75) is 52.5 Å². The van der Waals surface area contributed by atoms with Crippen LogP contribution in [0.3, 0.4) is 0 Å². The van der Waals surface area contributed by atoms with E-state index in [0.717, 1.165) is 22.9 Å². The molecule has 5 heteroatoms. The highest BCUT2D eigenvalue weighted by atomic mass is 16.5. The van der Waals surface area contributed by atoms with Crippen molar-refractivity contribution in [2.24, 2.45) is 17.8 Å². The topological polar surface area (TPSA) is 68.0 Å². The van der Waals surface area contributed by atoms with E-state index in [0.29, 0.717) is 22.9 Å². The van der Waals surface area contributed by atoms with Gasteiger partial charge in [0.05, 0.1) is 16.6 Å². The Morgan fingerprint density at radius 3 is 2.87 bits per heavy atom. The van der Waals surface area contributed by atoms with Crippen LogP contribution >= 0.6 is 0 Å². The largest absolute Gasteiger partial charge is 0.349 e. The quantitative estimate of drug-likeness (QED) is 0.943. The van der Waals surface area contributed by atoms with E-state index in [4.69, 9.17) is 4.52 Å². The number of fused-ring (bicyclic) bond motifs is 3. The van der Waals surface area contributed by atoms with Gasteiger partial charge in [0.2, 0.25) is 0 Å². The molecule has 1 amide bonds. The number of rotatable bonds is 3. The van der Waals surface area contributed by atoms with E-state index in [1.165, 1.54) is 25.7 Å². The molecule has 5 nitrogen and oxygen atoms in total. The van der Waals surface area contributed by atoms with Gasteiger partial charge in [-0.15, -0.1) is 0 Å². The highest BCUT2D eigenvalue weighted by Gasteiger charge is 2.42. The molecule has 2 saturated carbocycles. The fraction of sp³-hybridized carbons (Fsp3) is 0.611. The summed E-state index contributed by atoms with van der Waals surface area (Å²) in [5.41, 5.74) is 2.55. The molecule has 0 saturated heterocycles. The van der Waals surface area contributed by atoms with Crippen molar-refractivity contribution < 1.29 is 9.32 Å². The third-order valence-corrected chi connectivity index (χ3v) is 5.78. The van der Waals surface area contributed by atoms with Crippen LogP contribution in [-0.4, -0.2) is 22.1 Å². The second-order valence-corrected chi connectivity index (χ2v) is 7.36. The predicted octanol–water partition coefficient (Wildman–Crippen LogP) is 3.39. The monoisotopic (exact) mass is 313 g/mol. The molecular weight excluding hydrogens is 290 g/mol. The molecular formula is C18H23N3O2. The van der Waals surface area contributed by atoms with Crippen LogP contribution in [0.5, 0.6) is 0 Å². The number of aromatic nitrogens is 2. The Balaban J connectivity index is 1.58. The van der Waals surface area contributed by atoms with Gasteiger partial charge in [-0.3, -0.25) is 4.79 Å². The van der Waals surface area contributed by atoms with E-state index in [2.05, 4.69) is 22.4 Å². The predicted molar refractivity (Wildman–Crippen MR) is 87.1 cm³/mol. The normalized spacial score (nSPS) is 27.5. The lowest BCUT2D eigenvalue weighted by atomic mass is 9.84. The molecule has 0 unspecified atom stereocenters. The first kappa shape index (κ1) is 14.7. The van der Waals surface area contributed by atoms with E-state index in [1.54, 1.807) is 0 Å². The Hall–Kier alpha value is -1.91. The molecule has 2 aromatic heterocycles. The molecule has 2 aliphatic rings. The number of carbonyl (C=O) groups is 1. The maximum atomic E-state index is 12.8. The standard InChI is InChI=1S/C18H23N3O2/c1-9-6-15(16-11(3)21-23-18(16)19-9)17(22)20-10(2)14-8-12-4-5-13(14)7-12/h6,10,12-14H,4-5,7-8H2,1-3H3,(H,20,22)/t10-,12-,13-,14+/m1/s1. The van der Waals surface area contributed by atoms with E-state index in [1.807, 2.05) is 19.9 Å². The van der Waals surface area contributed by atoms with Crippen LogP contribution in [0.4, 0.5) is 0 Å². The van der Waals surface area contributed by atoms with E-state index in [9.17, 15) is 4.79 Å². The summed E-state index contributed by atoms with van der Waals surface area (Å²) in [6.45, 7) is 5.86. The number of pyridine rings is 1. The van der Waals surface area contributed by atoms with Crippen LogP contribution in [0.1, 0.15) is 54.4 Å². The van der Waals surface area contributed by atoms with Gasteiger partial charge in [-0.2, -0.15) is 0 Å². The highest BCUT2D eigenvalue weighted by molar-refractivity contribution is 6.06. The number of hydrogen-bond acceptors (Lipinski definition) is 4. The summed E-state index contributed by atoms with van der Waals surface area (Å²) in [4.78, 5) is 17.1. The Bertz CT molecular complexity index is 767. The average Bonchev–Trinajstić information content (AvgIpc) is 3.22. The zero-order valence-corrected chi connectivity index (χ0v) is 13.9. The molecule has 0 aromatic carbocycles. The second-order valence-electron chi connectivity index (χ2n) is 7.36. The minimum atomic E-state index is -0.0397. The maximum absolute atomic E-state index is 12.8. The third kappa shape index (κ3) is 2.42. The van der Waals surface area contributed by atoms with Gasteiger partial charge >= 0.3 is 0 Å². The fourth-order valence-electron chi connectivity index (χ4n) is 4.69. The van der Waals surface area contributed by atoms with Gasteiger partial charge in [0.25, 0.3) is 11.6 Å². The summed E-state index contributed by atoms with van der Waals surface area (Å²) >= 11 is 0. The molecule has 2 bridgehead atoms. The van der Waals surface area contributed by atoms with Gasteiger partial charge in [0.1, 0.15) is 0 Å². The number of nitrogens with zero attached hydrogens (tertiary/aromatic N) is 2. The summed E-state index contributed by atoms with van der Waals surface area (Å²) < 4.78 is 5.22. The summed E-state index contributed by atoms with van der Waals surface area (Å²) in [5, 5.41) is 7.90. The molecule has 23 heavy (non-hydrogen) atoms. The number of aryl methyl sites for hydroxylation is 2. The summed E-state index contributed by atoms with van der Waals surface area (Å²) in [6.07, 6.45) is 5.34. The van der Waals surface area contributed by atoms with Gasteiger partial charge in [-0.05, 0) is 63.9 Å². The summed E-state index contributed by atoms with van der Waals surface area (Å²) in [7, 11) is 0. The van der Waals surface area contributed by atoms with Crippen LogP contribution in [0.25, 0.3) is 11.1 Å². The lowest BCUT2D eigenvalue weighted by Crippen LogP contribution is -2.40. The molecule has 2 aromatic rings. The lowest BCUT2D eigenvalue weighted by Gasteiger charge is -2.28. The fourth-order valence-corrected chi connectivity index (χ4v) is 4.69. The Labute approximate surface area is 135 Å². The SMILES string of the molecule is Cc1cc(C(=O)N[C@H](C)[C@@H]2C[C@@H]3CC[C@@H]2C3)c2c(C)noc2n1. The highest BCUT2D eigenvalue weighted by Crippen LogP contribution is 2.49. The smallest absolute Gasteiger partial charge is 0.258 e. The number of carbonyl (C=O) groups excluding carboxylic acids is 1. The zero-order chi connectivity index (χ0) is 16.1. The van der Waals surface area contributed by atoms with Crippen LogP contribution in [0, 0.1) is 31.6 Å². The first-order valence-corrected chi connectivity index (χ1v) is 8.57. The van der Waals surface area contributed by atoms with Gasteiger partial charge in [0, 0.05) is 11.7 Å². The molecule has 4 rings (SSSR count). The molecule has 1 N–H and O–H groups in total. The van der Waals surface area contributed by atoms with Crippen LogP contribution in [0.2, 0.25) is 0 Å². The van der Waals surface area contributed by atoms with E-state index in [-0.39, 0.29) is 11.9 Å². The molecule has 2 fully saturated rings. The van der Waals surface area contributed by atoms with E-state index < -0.39 is 0 Å². The molecule has 122 valence electrons. The van der Waals surface area contributed by atoms with Crippen molar-refractivity contribution in [3.8, 4) is 0 Å².